The average Bonchev–Trinajstić information content (AvgIpc) is 2.03. The minimum Gasteiger partial charge on any atom is -0.302 e. The quantitative estimate of drug-likeness (QED) is 0.562. The summed E-state index contributed by atoms with van der Waals surface area (Å²) in [6.45, 7) is 2.36. The number of phosphoric acid groups is 1. The second kappa shape index (κ2) is 4.07. The van der Waals surface area contributed by atoms with Crippen molar-refractivity contribution in [3.05, 3.63) is 0 Å². The van der Waals surface area contributed by atoms with Crippen LogP contribution in [0.25, 0.3) is 0 Å². The van der Waals surface area contributed by atoms with Crippen molar-refractivity contribution in [2.45, 2.75) is 18.7 Å². The molecule has 1 heterocycles. The molecule has 0 aliphatic carbocycles. The molecule has 1 rings (SSSR count). The van der Waals surface area contributed by atoms with E-state index < -0.39 is 7.82 Å². The minimum atomic E-state index is -3.73. The zero-order valence-corrected chi connectivity index (χ0v) is 8.42. The van der Waals surface area contributed by atoms with Gasteiger partial charge in [0.2, 0.25) is 0 Å². The maximum Gasteiger partial charge on any atom is 0.472 e. The van der Waals surface area contributed by atoms with Crippen LogP contribution in [0.15, 0.2) is 0 Å². The largest absolute Gasteiger partial charge is 0.472 e. The van der Waals surface area contributed by atoms with Crippen molar-refractivity contribution in [1.82, 2.24) is 0 Å². The highest BCUT2D eigenvalue weighted by atomic mass is 35.5. The Morgan fingerprint density at radius 1 is 1.67 bits per heavy atom. The van der Waals surface area contributed by atoms with Gasteiger partial charge < -0.3 is 4.89 Å². The molecular formula is C6H12ClO4P. The zero-order valence-electron chi connectivity index (χ0n) is 6.77. The molecule has 1 aliphatic rings. The number of hydrogen-bond donors (Lipinski definition) is 1. The van der Waals surface area contributed by atoms with E-state index in [0.29, 0.717) is 0 Å². The lowest BCUT2D eigenvalue weighted by Gasteiger charge is -2.27. The predicted octanol–water partition coefficient (Wildman–Crippen LogP) is 1.77. The van der Waals surface area contributed by atoms with Gasteiger partial charge in [-0.1, -0.05) is 6.92 Å². The Bertz CT molecular complexity index is 186. The van der Waals surface area contributed by atoms with Gasteiger partial charge in [-0.25, -0.2) is 4.57 Å². The van der Waals surface area contributed by atoms with Crippen LogP contribution in [0.3, 0.4) is 0 Å². The highest BCUT2D eigenvalue weighted by molar-refractivity contribution is 7.47. The molecule has 4 nitrogen and oxygen atoms in total. The van der Waals surface area contributed by atoms with Gasteiger partial charge in [0.15, 0.2) is 0 Å². The van der Waals surface area contributed by atoms with Gasteiger partial charge in [0.05, 0.1) is 13.2 Å². The summed E-state index contributed by atoms with van der Waals surface area (Å²) < 4.78 is 20.0. The Morgan fingerprint density at radius 2 is 2.17 bits per heavy atom. The molecule has 1 atom stereocenters. The smallest absolute Gasteiger partial charge is 0.302 e. The van der Waals surface area contributed by atoms with Gasteiger partial charge in [0.25, 0.3) is 0 Å². The van der Waals surface area contributed by atoms with E-state index in [1.807, 2.05) is 6.92 Å². The van der Waals surface area contributed by atoms with Crippen LogP contribution in [-0.2, 0) is 13.6 Å². The molecule has 0 aromatic rings. The molecule has 1 N–H and O–H groups in total. The standard InChI is InChI=1S/C6H12ClO4P/c1-2-6(7)5-3-10-12(8,9)11-4-5/h5-6H,2-4H2,1H3,(H,8,9). The van der Waals surface area contributed by atoms with Gasteiger partial charge in [0, 0.05) is 11.3 Å². The monoisotopic (exact) mass is 214 g/mol. The van der Waals surface area contributed by atoms with Crippen molar-refractivity contribution in [3.8, 4) is 0 Å². The lowest BCUT2D eigenvalue weighted by atomic mass is 10.1. The average molecular weight is 215 g/mol. The van der Waals surface area contributed by atoms with Crippen LogP contribution in [0.4, 0.5) is 0 Å². The molecule has 0 bridgehead atoms. The molecule has 1 unspecified atom stereocenters. The fourth-order valence-electron chi connectivity index (χ4n) is 1.01. The van der Waals surface area contributed by atoms with Crippen LogP contribution in [-0.4, -0.2) is 23.5 Å². The molecule has 0 saturated carbocycles. The summed E-state index contributed by atoms with van der Waals surface area (Å²) in [6.07, 6.45) is 0.800. The second-order valence-corrected chi connectivity index (χ2v) is 4.76. The molecule has 0 amide bonds. The van der Waals surface area contributed by atoms with Crippen LogP contribution < -0.4 is 0 Å². The highest BCUT2D eigenvalue weighted by Crippen LogP contribution is 2.47. The summed E-state index contributed by atoms with van der Waals surface area (Å²) in [4.78, 5) is 8.81. The van der Waals surface area contributed by atoms with Gasteiger partial charge in [0.1, 0.15) is 0 Å². The summed E-state index contributed by atoms with van der Waals surface area (Å²) in [5.41, 5.74) is 0. The molecule has 1 aliphatic heterocycles. The molecule has 0 radical (unpaired) electrons. The van der Waals surface area contributed by atoms with Gasteiger partial charge in [-0.3, -0.25) is 9.05 Å². The van der Waals surface area contributed by atoms with Crippen molar-refractivity contribution < 1.29 is 18.5 Å². The third-order valence-electron chi connectivity index (χ3n) is 1.81. The number of rotatable bonds is 2. The number of phosphoric ester groups is 1. The van der Waals surface area contributed by atoms with Gasteiger partial charge >= 0.3 is 7.82 Å². The van der Waals surface area contributed by atoms with Crippen LogP contribution in [0.2, 0.25) is 0 Å². The molecule has 0 aromatic heterocycles. The van der Waals surface area contributed by atoms with E-state index in [9.17, 15) is 4.57 Å². The SMILES string of the molecule is CCC(Cl)C1COP(=O)(O)OC1. The van der Waals surface area contributed by atoms with Crippen LogP contribution in [0.5, 0.6) is 0 Å². The molecule has 6 heteroatoms. The molecule has 1 saturated heterocycles. The summed E-state index contributed by atoms with van der Waals surface area (Å²) in [7, 11) is -3.73. The minimum absolute atomic E-state index is 0.0193. The third kappa shape index (κ3) is 2.71. The first kappa shape index (κ1) is 10.5. The summed E-state index contributed by atoms with van der Waals surface area (Å²) in [5.74, 6) is 0.0193. The van der Waals surface area contributed by atoms with Crippen molar-refractivity contribution in [3.63, 3.8) is 0 Å². The first-order chi connectivity index (χ1) is 5.55. The second-order valence-electron chi connectivity index (χ2n) is 2.74. The van der Waals surface area contributed by atoms with E-state index in [0.717, 1.165) is 6.42 Å². The molecule has 0 spiro atoms. The fourth-order valence-corrected chi connectivity index (χ4v) is 1.99. The highest BCUT2D eigenvalue weighted by Gasteiger charge is 2.33. The summed E-state index contributed by atoms with van der Waals surface area (Å²) in [5, 5.41) is -0.0506. The summed E-state index contributed by atoms with van der Waals surface area (Å²) >= 11 is 5.91. The molecule has 72 valence electrons. The fraction of sp³-hybridized carbons (Fsp3) is 1.00. The van der Waals surface area contributed by atoms with Crippen LogP contribution in [0, 0.1) is 5.92 Å². The van der Waals surface area contributed by atoms with Gasteiger partial charge in [-0.2, -0.15) is 0 Å². The predicted molar refractivity (Wildman–Crippen MR) is 45.2 cm³/mol. The topological polar surface area (TPSA) is 55.8 Å². The number of hydrogen-bond acceptors (Lipinski definition) is 3. The molecule has 12 heavy (non-hydrogen) atoms. The molecule has 0 aromatic carbocycles. The first-order valence-corrected chi connectivity index (χ1v) is 5.74. The Balaban J connectivity index is 2.41. The van der Waals surface area contributed by atoms with E-state index in [1.165, 1.54) is 0 Å². The molecule has 1 fully saturated rings. The van der Waals surface area contributed by atoms with E-state index in [-0.39, 0.29) is 24.5 Å². The van der Waals surface area contributed by atoms with E-state index in [4.69, 9.17) is 16.5 Å². The van der Waals surface area contributed by atoms with Crippen molar-refractivity contribution in [1.29, 1.82) is 0 Å². The number of alkyl halides is 1. The Hall–Kier alpha value is 0.400. The Kier molecular flexibility index (Phi) is 3.56. The first-order valence-electron chi connectivity index (χ1n) is 3.81. The number of halogens is 1. The Morgan fingerprint density at radius 3 is 2.58 bits per heavy atom. The van der Waals surface area contributed by atoms with Gasteiger partial charge in [-0.15, -0.1) is 11.6 Å². The maximum absolute atomic E-state index is 10.8. The zero-order chi connectivity index (χ0) is 9.19. The van der Waals surface area contributed by atoms with Crippen molar-refractivity contribution in [2.24, 2.45) is 5.92 Å². The summed E-state index contributed by atoms with van der Waals surface area (Å²) in [6, 6.07) is 0. The van der Waals surface area contributed by atoms with Crippen LogP contribution >= 0.6 is 19.4 Å². The lowest BCUT2D eigenvalue weighted by Crippen LogP contribution is -2.28. The lowest BCUT2D eigenvalue weighted by molar-refractivity contribution is 0.0563. The maximum atomic E-state index is 10.8. The molecular weight excluding hydrogens is 202 g/mol. The van der Waals surface area contributed by atoms with E-state index >= 15 is 0 Å². The normalized spacial score (nSPS) is 39.4. The van der Waals surface area contributed by atoms with E-state index in [1.54, 1.807) is 0 Å². The van der Waals surface area contributed by atoms with Crippen molar-refractivity contribution in [2.75, 3.05) is 13.2 Å². The Labute approximate surface area is 76.4 Å². The van der Waals surface area contributed by atoms with Crippen molar-refractivity contribution >= 4 is 19.4 Å². The van der Waals surface area contributed by atoms with Crippen LogP contribution in [0.1, 0.15) is 13.3 Å². The van der Waals surface area contributed by atoms with E-state index in [2.05, 4.69) is 9.05 Å². The van der Waals surface area contributed by atoms with Gasteiger partial charge in [-0.05, 0) is 6.42 Å². The third-order valence-corrected chi connectivity index (χ3v) is 3.42.